The molecule has 0 unspecified atom stereocenters. The molecule has 2 rings (SSSR count). The summed E-state index contributed by atoms with van der Waals surface area (Å²) in [5.41, 5.74) is 5.67. The third kappa shape index (κ3) is 3.12. The summed E-state index contributed by atoms with van der Waals surface area (Å²) in [5.74, 6) is 0.377. The molecule has 0 bridgehead atoms. The van der Waals surface area contributed by atoms with Crippen LogP contribution < -0.4 is 10.6 Å². The van der Waals surface area contributed by atoms with Gasteiger partial charge in [0, 0.05) is 13.6 Å². The van der Waals surface area contributed by atoms with Crippen molar-refractivity contribution in [1.29, 1.82) is 0 Å². The number of aliphatic hydroxyl groups excluding tert-OH is 1. The Morgan fingerprint density at radius 3 is 2.47 bits per heavy atom. The lowest BCUT2D eigenvalue weighted by Crippen LogP contribution is -2.37. The van der Waals surface area contributed by atoms with Gasteiger partial charge in [0.15, 0.2) is 0 Å². The number of benzene rings is 1. The lowest BCUT2D eigenvalue weighted by molar-refractivity contribution is -0.137. The molecular formula is C13H17F3N2O. The minimum atomic E-state index is -4.37. The topological polar surface area (TPSA) is 49.5 Å². The van der Waals surface area contributed by atoms with Crippen molar-refractivity contribution in [3.05, 3.63) is 23.8 Å². The molecule has 3 nitrogen and oxygen atoms in total. The number of halogens is 3. The van der Waals surface area contributed by atoms with Crippen molar-refractivity contribution in [3.63, 3.8) is 0 Å². The van der Waals surface area contributed by atoms with Gasteiger partial charge in [0.2, 0.25) is 0 Å². The van der Waals surface area contributed by atoms with Gasteiger partial charge in [0.25, 0.3) is 0 Å². The van der Waals surface area contributed by atoms with Crippen LogP contribution in [0.15, 0.2) is 18.2 Å². The van der Waals surface area contributed by atoms with E-state index in [2.05, 4.69) is 0 Å². The number of hydrogen-bond donors (Lipinski definition) is 2. The highest BCUT2D eigenvalue weighted by Crippen LogP contribution is 2.35. The SMILES string of the molecule is CN(CC1CC(O)C1)c1ccc(C(F)(F)F)cc1N. The molecule has 19 heavy (non-hydrogen) atoms. The van der Waals surface area contributed by atoms with Crippen molar-refractivity contribution in [2.75, 3.05) is 24.2 Å². The average molecular weight is 274 g/mol. The molecule has 3 N–H and O–H groups in total. The zero-order valence-corrected chi connectivity index (χ0v) is 10.6. The Morgan fingerprint density at radius 2 is 2.00 bits per heavy atom. The van der Waals surface area contributed by atoms with Crippen molar-refractivity contribution in [1.82, 2.24) is 0 Å². The molecule has 1 saturated carbocycles. The summed E-state index contributed by atoms with van der Waals surface area (Å²) in [7, 11) is 1.80. The first kappa shape index (κ1) is 14.0. The summed E-state index contributed by atoms with van der Waals surface area (Å²) < 4.78 is 37.6. The first-order chi connectivity index (χ1) is 8.77. The Hall–Kier alpha value is -1.43. The minimum absolute atomic E-state index is 0.122. The number of rotatable bonds is 3. The summed E-state index contributed by atoms with van der Waals surface area (Å²) in [6.45, 7) is 0.687. The molecule has 0 saturated heterocycles. The smallest absolute Gasteiger partial charge is 0.397 e. The third-order valence-electron chi connectivity index (χ3n) is 3.51. The van der Waals surface area contributed by atoms with E-state index < -0.39 is 11.7 Å². The number of hydrogen-bond acceptors (Lipinski definition) is 3. The average Bonchev–Trinajstić information content (AvgIpc) is 2.25. The highest BCUT2D eigenvalue weighted by molar-refractivity contribution is 5.68. The largest absolute Gasteiger partial charge is 0.416 e. The number of nitrogens with two attached hydrogens (primary N) is 1. The Morgan fingerprint density at radius 1 is 1.37 bits per heavy atom. The fraction of sp³-hybridized carbons (Fsp3) is 0.538. The van der Waals surface area contributed by atoms with Gasteiger partial charge >= 0.3 is 6.18 Å². The van der Waals surface area contributed by atoms with Crippen molar-refractivity contribution in [2.24, 2.45) is 5.92 Å². The number of nitrogens with zero attached hydrogens (tertiary/aromatic N) is 1. The highest BCUT2D eigenvalue weighted by Gasteiger charge is 2.32. The highest BCUT2D eigenvalue weighted by atomic mass is 19.4. The lowest BCUT2D eigenvalue weighted by atomic mass is 9.82. The van der Waals surface area contributed by atoms with Gasteiger partial charge in [-0.15, -0.1) is 0 Å². The normalized spacial score (nSPS) is 23.0. The number of anilines is 2. The molecule has 1 aliphatic rings. The second kappa shape index (κ2) is 4.92. The number of nitrogen functional groups attached to an aromatic ring is 1. The first-order valence-corrected chi connectivity index (χ1v) is 6.13. The molecule has 0 amide bonds. The summed E-state index contributed by atoms with van der Waals surface area (Å²) in [5, 5.41) is 9.21. The molecule has 1 fully saturated rings. The molecule has 1 aromatic rings. The van der Waals surface area contributed by atoms with Crippen LogP contribution in [-0.4, -0.2) is 24.8 Å². The van der Waals surface area contributed by atoms with Crippen molar-refractivity contribution >= 4 is 11.4 Å². The van der Waals surface area contributed by atoms with Crippen molar-refractivity contribution < 1.29 is 18.3 Å². The zero-order chi connectivity index (χ0) is 14.2. The van der Waals surface area contributed by atoms with E-state index >= 15 is 0 Å². The predicted molar refractivity (Wildman–Crippen MR) is 67.9 cm³/mol. The van der Waals surface area contributed by atoms with Crippen LogP contribution in [0.5, 0.6) is 0 Å². The van der Waals surface area contributed by atoms with Crippen LogP contribution in [0.4, 0.5) is 24.5 Å². The van der Waals surface area contributed by atoms with E-state index in [-0.39, 0.29) is 11.8 Å². The van der Waals surface area contributed by atoms with E-state index in [0.29, 0.717) is 18.2 Å². The molecule has 0 atom stereocenters. The Kier molecular flexibility index (Phi) is 3.62. The van der Waals surface area contributed by atoms with Crippen LogP contribution in [0.25, 0.3) is 0 Å². The fourth-order valence-electron chi connectivity index (χ4n) is 2.41. The van der Waals surface area contributed by atoms with Gasteiger partial charge in [-0.05, 0) is 37.0 Å². The molecule has 0 spiro atoms. The summed E-state index contributed by atoms with van der Waals surface area (Å²) in [6, 6.07) is 3.40. The monoisotopic (exact) mass is 274 g/mol. The molecule has 1 aliphatic carbocycles. The van der Waals surface area contributed by atoms with E-state index in [4.69, 9.17) is 5.73 Å². The number of alkyl halides is 3. The van der Waals surface area contributed by atoms with Gasteiger partial charge in [-0.2, -0.15) is 13.2 Å². The second-order valence-corrected chi connectivity index (χ2v) is 5.14. The fourth-order valence-corrected chi connectivity index (χ4v) is 2.41. The molecule has 0 heterocycles. The quantitative estimate of drug-likeness (QED) is 0.833. The lowest BCUT2D eigenvalue weighted by Gasteiger charge is -2.35. The van der Waals surface area contributed by atoms with Gasteiger partial charge < -0.3 is 15.7 Å². The third-order valence-corrected chi connectivity index (χ3v) is 3.51. The molecule has 0 radical (unpaired) electrons. The van der Waals surface area contributed by atoms with Crippen LogP contribution in [0.2, 0.25) is 0 Å². The van der Waals surface area contributed by atoms with E-state index in [1.165, 1.54) is 6.07 Å². The van der Waals surface area contributed by atoms with Crippen molar-refractivity contribution in [3.8, 4) is 0 Å². The first-order valence-electron chi connectivity index (χ1n) is 6.13. The van der Waals surface area contributed by atoms with Crippen LogP contribution in [0.3, 0.4) is 0 Å². The van der Waals surface area contributed by atoms with E-state index in [9.17, 15) is 18.3 Å². The van der Waals surface area contributed by atoms with Crippen LogP contribution in [0.1, 0.15) is 18.4 Å². The maximum absolute atomic E-state index is 12.5. The van der Waals surface area contributed by atoms with Crippen LogP contribution in [0, 0.1) is 5.92 Å². The Labute approximate surface area is 109 Å². The van der Waals surface area contributed by atoms with E-state index in [1.807, 2.05) is 4.90 Å². The summed E-state index contributed by atoms with van der Waals surface area (Å²) >= 11 is 0. The van der Waals surface area contributed by atoms with Gasteiger partial charge in [-0.25, -0.2) is 0 Å². The second-order valence-electron chi connectivity index (χ2n) is 5.14. The molecule has 106 valence electrons. The zero-order valence-electron chi connectivity index (χ0n) is 10.6. The summed E-state index contributed by atoms with van der Waals surface area (Å²) in [4.78, 5) is 1.84. The maximum Gasteiger partial charge on any atom is 0.416 e. The van der Waals surface area contributed by atoms with E-state index in [0.717, 1.165) is 25.0 Å². The van der Waals surface area contributed by atoms with E-state index in [1.54, 1.807) is 7.05 Å². The summed E-state index contributed by atoms with van der Waals surface area (Å²) in [6.07, 6.45) is -3.12. The van der Waals surface area contributed by atoms with Gasteiger partial charge in [0.1, 0.15) is 0 Å². The molecular weight excluding hydrogens is 257 g/mol. The maximum atomic E-state index is 12.5. The van der Waals surface area contributed by atoms with Gasteiger partial charge in [-0.3, -0.25) is 0 Å². The van der Waals surface area contributed by atoms with Gasteiger partial charge in [-0.1, -0.05) is 0 Å². The molecule has 0 aliphatic heterocycles. The predicted octanol–water partition coefficient (Wildman–Crippen LogP) is 2.49. The van der Waals surface area contributed by atoms with Gasteiger partial charge in [0.05, 0.1) is 23.0 Å². The molecule has 0 aromatic heterocycles. The number of aliphatic hydroxyl groups is 1. The molecule has 1 aromatic carbocycles. The molecule has 6 heteroatoms. The van der Waals surface area contributed by atoms with Crippen LogP contribution in [-0.2, 0) is 6.18 Å². The Bertz CT molecular complexity index is 456. The standard InChI is InChI=1S/C13H17F3N2O/c1-18(7-8-4-10(19)5-8)12-3-2-9(6-11(12)17)13(14,15)16/h2-3,6,8,10,19H,4-5,7,17H2,1H3. The van der Waals surface area contributed by atoms with Crippen molar-refractivity contribution in [2.45, 2.75) is 25.1 Å². The van der Waals surface area contributed by atoms with Crippen LogP contribution >= 0.6 is 0 Å². The Balaban J connectivity index is 2.08. The minimum Gasteiger partial charge on any atom is -0.397 e.